The predicted molar refractivity (Wildman–Crippen MR) is 108 cm³/mol. The van der Waals surface area contributed by atoms with Crippen LogP contribution in [0.15, 0.2) is 18.3 Å². The van der Waals surface area contributed by atoms with E-state index < -0.39 is 11.7 Å². The van der Waals surface area contributed by atoms with Gasteiger partial charge in [0.1, 0.15) is 12.1 Å². The molecule has 1 amide bonds. The second kappa shape index (κ2) is 7.60. The molecule has 0 aliphatic rings. The lowest BCUT2D eigenvalue weighted by atomic mass is 10.2. The highest BCUT2D eigenvalue weighted by atomic mass is 127. The van der Waals surface area contributed by atoms with Gasteiger partial charge in [-0.05, 0) is 32.9 Å². The van der Waals surface area contributed by atoms with E-state index in [9.17, 15) is 4.79 Å². The average molecular weight is 498 g/mol. The Morgan fingerprint density at radius 3 is 2.71 bits per heavy atom. The quantitative estimate of drug-likeness (QED) is 0.382. The summed E-state index contributed by atoms with van der Waals surface area (Å²) >= 11 is 14.7. The first-order chi connectivity index (χ1) is 11.2. The number of rotatable bonds is 3. The van der Waals surface area contributed by atoms with Gasteiger partial charge in [0.2, 0.25) is 0 Å². The first-order valence-corrected chi connectivity index (χ1v) is 10.9. The summed E-state index contributed by atoms with van der Waals surface area (Å²) in [5.74, 6) is 0. The van der Waals surface area contributed by atoms with E-state index in [0.29, 0.717) is 21.2 Å². The van der Waals surface area contributed by atoms with Crippen LogP contribution in [-0.2, 0) is 4.74 Å². The van der Waals surface area contributed by atoms with E-state index in [4.69, 9.17) is 33.2 Å². The summed E-state index contributed by atoms with van der Waals surface area (Å²) in [7, 11) is 1.42. The molecule has 0 bridgehead atoms. The van der Waals surface area contributed by atoms with Crippen LogP contribution >= 0.6 is 53.5 Å². The van der Waals surface area contributed by atoms with Crippen LogP contribution in [0, 0.1) is 11.3 Å². The molecule has 0 saturated carbocycles. The summed E-state index contributed by atoms with van der Waals surface area (Å²) in [5.41, 5.74) is 0.494. The van der Waals surface area contributed by atoms with Crippen LogP contribution in [0.5, 0.6) is 0 Å². The first-order valence-electron chi connectivity index (χ1n) is 6.85. The minimum Gasteiger partial charge on any atom is -0.443 e. The minimum absolute atomic E-state index is 0.162. The summed E-state index contributed by atoms with van der Waals surface area (Å²) in [5, 5.41) is 10.5. The van der Waals surface area contributed by atoms with Crippen LogP contribution in [0.25, 0.3) is 10.9 Å². The Bertz CT molecular complexity index is 827. The summed E-state index contributed by atoms with van der Waals surface area (Å²) in [6.07, 6.45) is 1.21. The fourth-order valence-corrected chi connectivity index (χ4v) is 3.97. The number of hydrogen-bond donors (Lipinski definition) is 0. The van der Waals surface area contributed by atoms with Crippen LogP contribution in [0.3, 0.4) is 0 Å². The van der Waals surface area contributed by atoms with Gasteiger partial charge in [0, 0.05) is 41.9 Å². The Kier molecular flexibility index (Phi) is 6.18. The summed E-state index contributed by atoms with van der Waals surface area (Å²) in [6, 6.07) is 5.39. The lowest BCUT2D eigenvalue weighted by Gasteiger charge is -2.26. The molecule has 0 spiro atoms. The molecule has 5 nitrogen and oxygen atoms in total. The zero-order valence-electron chi connectivity index (χ0n) is 13.1. The second-order valence-electron chi connectivity index (χ2n) is 5.89. The Hall–Kier alpha value is -0.820. The molecule has 0 aliphatic heterocycles. The third kappa shape index (κ3) is 4.04. The van der Waals surface area contributed by atoms with Crippen molar-refractivity contribution in [2.24, 2.45) is 0 Å². The second-order valence-corrected chi connectivity index (χ2v) is 8.39. The molecule has 1 aromatic carbocycles. The van der Waals surface area contributed by atoms with Gasteiger partial charge in [0.25, 0.3) is 0 Å². The van der Waals surface area contributed by atoms with E-state index in [0.717, 1.165) is 5.39 Å². The molecule has 1 aromatic heterocycles. The minimum atomic E-state index is -0.676. The molecule has 0 unspecified atom stereocenters. The molecule has 0 N–H and O–H groups in total. The molecule has 0 atom stereocenters. The lowest BCUT2D eigenvalue weighted by Crippen LogP contribution is -2.37. The first kappa shape index (κ1) is 19.5. The van der Waals surface area contributed by atoms with Gasteiger partial charge < -0.3 is 4.74 Å². The highest BCUT2D eigenvalue weighted by Gasteiger charge is 2.26. The van der Waals surface area contributed by atoms with Crippen molar-refractivity contribution in [2.45, 2.75) is 26.4 Å². The van der Waals surface area contributed by atoms with Gasteiger partial charge in [-0.2, -0.15) is 5.26 Å². The number of carbonyl (C=O) groups is 1. The molecule has 24 heavy (non-hydrogen) atoms. The molecule has 128 valence electrons. The topological polar surface area (TPSA) is 58.3 Å². The number of amides is 1. The molecule has 0 saturated heterocycles. The van der Waals surface area contributed by atoms with Crippen molar-refractivity contribution in [2.75, 3.05) is 11.4 Å². The maximum absolute atomic E-state index is 12.5. The van der Waals surface area contributed by atoms with Crippen LogP contribution < -0.4 is 4.90 Å². The van der Waals surface area contributed by atoms with Crippen molar-refractivity contribution in [3.63, 3.8) is 0 Å². The van der Waals surface area contributed by atoms with E-state index in [-0.39, 0.29) is 6.54 Å². The largest absolute Gasteiger partial charge is 0.443 e. The van der Waals surface area contributed by atoms with Gasteiger partial charge in [0.05, 0.1) is 27.3 Å². The fourth-order valence-electron chi connectivity index (χ4n) is 2.13. The van der Waals surface area contributed by atoms with E-state index >= 15 is 0 Å². The van der Waals surface area contributed by atoms with Crippen molar-refractivity contribution in [1.82, 2.24) is 3.97 Å². The number of nitrogens with zero attached hydrogens (tertiary/aromatic N) is 3. The van der Waals surface area contributed by atoms with Gasteiger partial charge in [0.15, 0.2) is 0 Å². The SMILES string of the molecule is CC(C)(C)OC(=O)N(CC#N)c1cc(Cl)c(Cl)c2c1ccn2SI. The smallest absolute Gasteiger partial charge is 0.415 e. The molecule has 2 aromatic rings. The number of carbonyl (C=O) groups excluding carboxylic acids is 1. The Labute approximate surface area is 166 Å². The molecule has 2 rings (SSSR count). The number of benzene rings is 1. The Morgan fingerprint density at radius 2 is 2.17 bits per heavy atom. The number of aromatic nitrogens is 1. The normalized spacial score (nSPS) is 11.4. The van der Waals surface area contributed by atoms with Crippen molar-refractivity contribution in [3.8, 4) is 6.07 Å². The third-order valence-electron chi connectivity index (χ3n) is 3.02. The zero-order valence-corrected chi connectivity index (χ0v) is 17.6. The molecule has 0 radical (unpaired) electrons. The van der Waals surface area contributed by atoms with E-state index in [2.05, 4.69) is 21.2 Å². The number of fused-ring (bicyclic) bond motifs is 1. The van der Waals surface area contributed by atoms with Gasteiger partial charge in [-0.25, -0.2) is 4.79 Å². The molecular formula is C15H14Cl2IN3O2S. The summed E-state index contributed by atoms with van der Waals surface area (Å²) < 4.78 is 7.25. The van der Waals surface area contributed by atoms with E-state index in [1.54, 1.807) is 26.8 Å². The van der Waals surface area contributed by atoms with Gasteiger partial charge in [-0.15, -0.1) is 0 Å². The Balaban J connectivity index is 2.63. The summed E-state index contributed by atoms with van der Waals surface area (Å²) in [6.45, 7) is 5.14. The van der Waals surface area contributed by atoms with Crippen LogP contribution in [-0.4, -0.2) is 22.2 Å². The van der Waals surface area contributed by atoms with Crippen LogP contribution in [0.1, 0.15) is 20.8 Å². The number of halogens is 3. The number of ether oxygens (including phenoxy) is 1. The fraction of sp³-hybridized carbons (Fsp3) is 0.333. The molecular weight excluding hydrogens is 484 g/mol. The Morgan fingerprint density at radius 1 is 1.50 bits per heavy atom. The highest BCUT2D eigenvalue weighted by Crippen LogP contribution is 2.41. The maximum Gasteiger partial charge on any atom is 0.415 e. The van der Waals surface area contributed by atoms with E-state index in [1.165, 1.54) is 14.0 Å². The molecule has 1 heterocycles. The zero-order chi connectivity index (χ0) is 18.1. The van der Waals surface area contributed by atoms with Crippen molar-refractivity contribution < 1.29 is 9.53 Å². The maximum atomic E-state index is 12.5. The van der Waals surface area contributed by atoms with Gasteiger partial charge >= 0.3 is 6.09 Å². The molecule has 9 heteroatoms. The number of anilines is 1. The third-order valence-corrected chi connectivity index (χ3v) is 5.52. The lowest BCUT2D eigenvalue weighted by molar-refractivity contribution is 0.0585. The van der Waals surface area contributed by atoms with Gasteiger partial charge in [-0.3, -0.25) is 8.87 Å². The van der Waals surface area contributed by atoms with Crippen molar-refractivity contribution in [1.29, 1.82) is 5.26 Å². The average Bonchev–Trinajstić information content (AvgIpc) is 2.91. The van der Waals surface area contributed by atoms with Crippen molar-refractivity contribution >= 4 is 76.2 Å². The number of hydrogen-bond acceptors (Lipinski definition) is 4. The molecule has 0 fully saturated rings. The van der Waals surface area contributed by atoms with Crippen molar-refractivity contribution in [3.05, 3.63) is 28.4 Å². The van der Waals surface area contributed by atoms with E-state index in [1.807, 2.05) is 22.3 Å². The molecule has 0 aliphatic carbocycles. The number of nitriles is 1. The predicted octanol–water partition coefficient (Wildman–Crippen LogP) is 6.06. The van der Waals surface area contributed by atoms with Crippen LogP contribution in [0.2, 0.25) is 10.0 Å². The van der Waals surface area contributed by atoms with Gasteiger partial charge in [-0.1, -0.05) is 23.2 Å². The standard InChI is InChI=1S/C15H14Cl2IN3O2S/c1-15(2,3)23-14(22)20(7-5-19)11-8-10(16)12(17)13-9(11)4-6-21(13)24-18/h4,6,8H,7H2,1-3H3. The monoisotopic (exact) mass is 497 g/mol. The summed E-state index contributed by atoms with van der Waals surface area (Å²) in [4.78, 5) is 13.8. The van der Waals surface area contributed by atoms with Crippen LogP contribution in [0.4, 0.5) is 10.5 Å². The highest BCUT2D eigenvalue weighted by molar-refractivity contribution is 14.2.